The Balaban J connectivity index is 2.12. The van der Waals surface area contributed by atoms with Gasteiger partial charge in [-0.15, -0.1) is 0 Å². The first-order valence-electron chi connectivity index (χ1n) is 7.40. The monoisotopic (exact) mass is 374 g/mol. The highest BCUT2D eigenvalue weighted by molar-refractivity contribution is 9.10. The van der Waals surface area contributed by atoms with Crippen LogP contribution in [0.25, 0.3) is 0 Å². The molecule has 2 rings (SSSR count). The quantitative estimate of drug-likeness (QED) is 0.432. The van der Waals surface area contributed by atoms with Gasteiger partial charge in [0.15, 0.2) is 5.78 Å². The van der Waals surface area contributed by atoms with Gasteiger partial charge in [-0.1, -0.05) is 64.5 Å². The first-order valence-corrected chi connectivity index (χ1v) is 8.19. The molecule has 0 bridgehead atoms. The fourth-order valence-corrected chi connectivity index (χ4v) is 2.68. The standard InChI is InChI=1S/C19H19BrO3/c1-19(20,18(22)23-2)12-11-14-7-6-10-16(13-14)17(21)15-8-4-3-5-9-15/h3-10,13H,11-12H2,1-2H3. The van der Waals surface area contributed by atoms with Crippen LogP contribution in [0, 0.1) is 0 Å². The van der Waals surface area contributed by atoms with E-state index in [1.807, 2.05) is 54.6 Å². The SMILES string of the molecule is COC(=O)C(C)(Br)CCc1cccc(C(=O)c2ccccc2)c1. The summed E-state index contributed by atoms with van der Waals surface area (Å²) in [6.07, 6.45) is 1.26. The summed E-state index contributed by atoms with van der Waals surface area (Å²) in [5.41, 5.74) is 2.34. The molecule has 0 heterocycles. The topological polar surface area (TPSA) is 43.4 Å². The Morgan fingerprint density at radius 3 is 2.35 bits per heavy atom. The van der Waals surface area contributed by atoms with Crippen molar-refractivity contribution in [2.75, 3.05) is 7.11 Å². The van der Waals surface area contributed by atoms with E-state index in [4.69, 9.17) is 4.74 Å². The summed E-state index contributed by atoms with van der Waals surface area (Å²) in [6, 6.07) is 16.7. The second-order valence-electron chi connectivity index (χ2n) is 5.58. The van der Waals surface area contributed by atoms with Crippen molar-refractivity contribution in [3.05, 3.63) is 71.3 Å². The summed E-state index contributed by atoms with van der Waals surface area (Å²) in [5, 5.41) is 0. The molecule has 0 spiro atoms. The van der Waals surface area contributed by atoms with Gasteiger partial charge in [-0.2, -0.15) is 0 Å². The minimum atomic E-state index is -0.721. The smallest absolute Gasteiger partial charge is 0.322 e. The van der Waals surface area contributed by atoms with Gasteiger partial charge in [0, 0.05) is 11.1 Å². The van der Waals surface area contributed by atoms with E-state index in [9.17, 15) is 9.59 Å². The van der Waals surface area contributed by atoms with Gasteiger partial charge in [-0.25, -0.2) is 0 Å². The summed E-state index contributed by atoms with van der Waals surface area (Å²) in [7, 11) is 1.38. The third-order valence-electron chi connectivity index (χ3n) is 3.72. The number of alkyl halides is 1. The van der Waals surface area contributed by atoms with Gasteiger partial charge in [-0.05, 0) is 31.4 Å². The molecule has 23 heavy (non-hydrogen) atoms. The van der Waals surface area contributed by atoms with Gasteiger partial charge in [0.05, 0.1) is 7.11 Å². The van der Waals surface area contributed by atoms with Crippen molar-refractivity contribution in [2.24, 2.45) is 0 Å². The number of aryl methyl sites for hydroxylation is 1. The number of hydrogen-bond acceptors (Lipinski definition) is 3. The van der Waals surface area contributed by atoms with Crippen LogP contribution in [-0.2, 0) is 16.0 Å². The van der Waals surface area contributed by atoms with E-state index in [-0.39, 0.29) is 11.8 Å². The van der Waals surface area contributed by atoms with E-state index in [0.29, 0.717) is 24.0 Å². The lowest BCUT2D eigenvalue weighted by molar-refractivity contribution is -0.142. The largest absolute Gasteiger partial charge is 0.468 e. The van der Waals surface area contributed by atoms with E-state index in [1.54, 1.807) is 6.92 Å². The number of rotatable bonds is 6. The lowest BCUT2D eigenvalue weighted by Gasteiger charge is -2.19. The lowest BCUT2D eigenvalue weighted by Crippen LogP contribution is -2.30. The number of methoxy groups -OCH3 is 1. The fourth-order valence-electron chi connectivity index (χ4n) is 2.32. The molecule has 0 fully saturated rings. The third kappa shape index (κ3) is 4.52. The van der Waals surface area contributed by atoms with Crippen molar-refractivity contribution >= 4 is 27.7 Å². The maximum absolute atomic E-state index is 12.5. The van der Waals surface area contributed by atoms with Crippen molar-refractivity contribution in [3.8, 4) is 0 Å². The third-order valence-corrected chi connectivity index (χ3v) is 4.44. The summed E-state index contributed by atoms with van der Waals surface area (Å²) in [5.74, 6) is -0.295. The molecule has 0 N–H and O–H groups in total. The summed E-state index contributed by atoms with van der Waals surface area (Å²) in [4.78, 5) is 24.2. The van der Waals surface area contributed by atoms with Gasteiger partial charge in [-0.3, -0.25) is 9.59 Å². The molecule has 120 valence electrons. The van der Waals surface area contributed by atoms with Crippen molar-refractivity contribution in [1.82, 2.24) is 0 Å². The predicted molar refractivity (Wildman–Crippen MR) is 94.0 cm³/mol. The summed E-state index contributed by atoms with van der Waals surface area (Å²) in [6.45, 7) is 1.79. The molecule has 1 unspecified atom stereocenters. The maximum atomic E-state index is 12.5. The van der Waals surface area contributed by atoms with Gasteiger partial charge in [0.2, 0.25) is 0 Å². The average Bonchev–Trinajstić information content (AvgIpc) is 2.59. The zero-order valence-corrected chi connectivity index (χ0v) is 14.8. The number of ether oxygens (including phenoxy) is 1. The first kappa shape index (κ1) is 17.4. The second-order valence-corrected chi connectivity index (χ2v) is 7.33. The molecular weight excluding hydrogens is 356 g/mol. The molecule has 3 nitrogen and oxygen atoms in total. The molecular formula is C19H19BrO3. The van der Waals surface area contributed by atoms with Crippen LogP contribution in [0.5, 0.6) is 0 Å². The molecule has 0 aliphatic heterocycles. The Kier molecular flexibility index (Phi) is 5.72. The van der Waals surface area contributed by atoms with E-state index in [1.165, 1.54) is 7.11 Å². The summed E-state index contributed by atoms with van der Waals surface area (Å²) >= 11 is 3.41. The number of hydrogen-bond donors (Lipinski definition) is 0. The highest BCUT2D eigenvalue weighted by Crippen LogP contribution is 2.26. The van der Waals surface area contributed by atoms with Crippen molar-refractivity contribution in [2.45, 2.75) is 24.1 Å². The van der Waals surface area contributed by atoms with Gasteiger partial charge >= 0.3 is 5.97 Å². The van der Waals surface area contributed by atoms with E-state index < -0.39 is 4.32 Å². The highest BCUT2D eigenvalue weighted by atomic mass is 79.9. The van der Waals surface area contributed by atoms with E-state index in [0.717, 1.165) is 5.56 Å². The average molecular weight is 375 g/mol. The molecule has 0 aromatic heterocycles. The molecule has 2 aromatic carbocycles. The van der Waals surface area contributed by atoms with Crippen LogP contribution in [-0.4, -0.2) is 23.2 Å². The van der Waals surface area contributed by atoms with Crippen LogP contribution in [0.3, 0.4) is 0 Å². The Bertz CT molecular complexity index is 693. The van der Waals surface area contributed by atoms with Gasteiger partial charge in [0.1, 0.15) is 4.32 Å². The van der Waals surface area contributed by atoms with Gasteiger partial charge in [0.25, 0.3) is 0 Å². The molecule has 2 aromatic rings. The predicted octanol–water partition coefficient (Wildman–Crippen LogP) is 4.18. The van der Waals surface area contributed by atoms with E-state index in [2.05, 4.69) is 15.9 Å². The minimum absolute atomic E-state index is 0.00187. The zero-order chi connectivity index (χ0) is 16.9. The number of benzene rings is 2. The molecule has 0 amide bonds. The van der Waals surface area contributed by atoms with Crippen LogP contribution < -0.4 is 0 Å². The Labute approximate surface area is 144 Å². The lowest BCUT2D eigenvalue weighted by atomic mass is 9.97. The highest BCUT2D eigenvalue weighted by Gasteiger charge is 2.30. The van der Waals surface area contributed by atoms with Crippen LogP contribution in [0.2, 0.25) is 0 Å². The second kappa shape index (κ2) is 7.55. The van der Waals surface area contributed by atoms with Crippen molar-refractivity contribution in [3.63, 3.8) is 0 Å². The number of ketones is 1. The number of carbonyl (C=O) groups is 2. The number of halogens is 1. The molecule has 0 aliphatic carbocycles. The van der Waals surface area contributed by atoms with Crippen LogP contribution in [0.4, 0.5) is 0 Å². The van der Waals surface area contributed by atoms with Crippen LogP contribution in [0.1, 0.15) is 34.8 Å². The normalized spacial score (nSPS) is 13.2. The first-order chi connectivity index (χ1) is 10.9. The molecule has 0 radical (unpaired) electrons. The Morgan fingerprint density at radius 1 is 1.04 bits per heavy atom. The van der Waals surface area contributed by atoms with Crippen LogP contribution in [0.15, 0.2) is 54.6 Å². The fraction of sp³-hybridized carbons (Fsp3) is 0.263. The molecule has 1 atom stereocenters. The Morgan fingerprint density at radius 2 is 1.70 bits per heavy atom. The maximum Gasteiger partial charge on any atom is 0.322 e. The molecule has 0 saturated carbocycles. The molecule has 4 heteroatoms. The minimum Gasteiger partial charge on any atom is -0.468 e. The van der Waals surface area contributed by atoms with Crippen LogP contribution >= 0.6 is 15.9 Å². The van der Waals surface area contributed by atoms with E-state index >= 15 is 0 Å². The molecule has 0 saturated heterocycles. The number of esters is 1. The molecule has 0 aliphatic rings. The Hall–Kier alpha value is -1.94. The summed E-state index contributed by atoms with van der Waals surface area (Å²) < 4.78 is 4.06. The van der Waals surface area contributed by atoms with Crippen molar-refractivity contribution in [1.29, 1.82) is 0 Å². The number of carbonyl (C=O) groups excluding carboxylic acids is 2. The van der Waals surface area contributed by atoms with Crippen molar-refractivity contribution < 1.29 is 14.3 Å². The van der Waals surface area contributed by atoms with Gasteiger partial charge < -0.3 is 4.74 Å². The zero-order valence-electron chi connectivity index (χ0n) is 13.2.